The van der Waals surface area contributed by atoms with Crippen molar-refractivity contribution >= 4 is 45.0 Å². The molecule has 1 aromatic rings. The maximum absolute atomic E-state index is 12.1. The van der Waals surface area contributed by atoms with Gasteiger partial charge < -0.3 is 5.32 Å². The lowest BCUT2D eigenvalue weighted by molar-refractivity contribution is 0.0927. The van der Waals surface area contributed by atoms with Gasteiger partial charge in [-0.15, -0.1) is 11.6 Å². The van der Waals surface area contributed by atoms with Crippen LogP contribution in [0.1, 0.15) is 36.0 Å². The molecule has 2 rings (SSSR count). The van der Waals surface area contributed by atoms with Crippen molar-refractivity contribution in [1.29, 1.82) is 0 Å². The van der Waals surface area contributed by atoms with Crippen LogP contribution in [-0.4, -0.2) is 17.3 Å². The molecule has 0 aliphatic heterocycles. The predicted molar refractivity (Wildman–Crippen MR) is 78.5 cm³/mol. The van der Waals surface area contributed by atoms with Crippen LogP contribution in [0.15, 0.2) is 22.7 Å². The van der Waals surface area contributed by atoms with Crippen molar-refractivity contribution in [3.63, 3.8) is 0 Å². The minimum Gasteiger partial charge on any atom is -0.349 e. The summed E-state index contributed by atoms with van der Waals surface area (Å²) in [7, 11) is 0. The molecule has 2 nitrogen and oxygen atoms in total. The highest BCUT2D eigenvalue weighted by Crippen LogP contribution is 2.25. The van der Waals surface area contributed by atoms with Crippen LogP contribution in [0.5, 0.6) is 0 Å². The van der Waals surface area contributed by atoms with Crippen molar-refractivity contribution in [1.82, 2.24) is 5.32 Å². The van der Waals surface area contributed by atoms with E-state index >= 15 is 0 Å². The Morgan fingerprint density at radius 1 is 1.28 bits per heavy atom. The van der Waals surface area contributed by atoms with Gasteiger partial charge in [0.2, 0.25) is 0 Å². The van der Waals surface area contributed by atoms with E-state index in [0.717, 1.165) is 30.2 Å². The number of amides is 1. The van der Waals surface area contributed by atoms with E-state index in [1.807, 2.05) is 0 Å². The number of halogens is 3. The van der Waals surface area contributed by atoms with Crippen molar-refractivity contribution in [3.05, 3.63) is 33.3 Å². The maximum Gasteiger partial charge on any atom is 0.252 e. The Hall–Kier alpha value is -0.250. The van der Waals surface area contributed by atoms with Crippen molar-refractivity contribution in [2.45, 2.75) is 37.1 Å². The van der Waals surface area contributed by atoms with Gasteiger partial charge in [0, 0.05) is 20.9 Å². The van der Waals surface area contributed by atoms with Crippen LogP contribution >= 0.6 is 39.1 Å². The molecule has 0 saturated heterocycles. The van der Waals surface area contributed by atoms with Crippen LogP contribution in [-0.2, 0) is 0 Å². The van der Waals surface area contributed by atoms with Crippen molar-refractivity contribution in [2.24, 2.45) is 0 Å². The van der Waals surface area contributed by atoms with Crippen LogP contribution < -0.4 is 5.32 Å². The zero-order valence-electron chi connectivity index (χ0n) is 9.76. The molecule has 18 heavy (non-hydrogen) atoms. The third-order valence-electron chi connectivity index (χ3n) is 3.17. The summed E-state index contributed by atoms with van der Waals surface area (Å²) < 4.78 is 0.721. The fraction of sp³-hybridized carbons (Fsp3) is 0.462. The number of rotatable bonds is 2. The van der Waals surface area contributed by atoms with Gasteiger partial charge in [0.15, 0.2) is 0 Å². The number of hydrogen-bond donors (Lipinski definition) is 1. The quantitative estimate of drug-likeness (QED) is 0.788. The van der Waals surface area contributed by atoms with Crippen LogP contribution in [0.2, 0.25) is 5.02 Å². The van der Waals surface area contributed by atoms with E-state index in [0.29, 0.717) is 10.6 Å². The first-order valence-electron chi connectivity index (χ1n) is 5.96. The van der Waals surface area contributed by atoms with Crippen LogP contribution in [0.25, 0.3) is 0 Å². The SMILES string of the molecule is O=C(NC1CCC(Cl)CC1)c1ccc(Cl)cc1Br. The summed E-state index contributed by atoms with van der Waals surface area (Å²) in [6.07, 6.45) is 3.83. The summed E-state index contributed by atoms with van der Waals surface area (Å²) in [5.74, 6) is -0.0587. The Morgan fingerprint density at radius 2 is 1.94 bits per heavy atom. The van der Waals surface area contributed by atoms with Gasteiger partial charge in [0.1, 0.15) is 0 Å². The highest BCUT2D eigenvalue weighted by Gasteiger charge is 2.22. The monoisotopic (exact) mass is 349 g/mol. The zero-order valence-corrected chi connectivity index (χ0v) is 12.9. The molecule has 98 valence electrons. The summed E-state index contributed by atoms with van der Waals surface area (Å²) in [6, 6.07) is 5.41. The van der Waals surface area contributed by atoms with Crippen molar-refractivity contribution in [3.8, 4) is 0 Å². The standard InChI is InChI=1S/C13H14BrCl2NO/c14-12-7-9(16)3-6-11(12)13(18)17-10-4-1-8(15)2-5-10/h3,6-8,10H,1-2,4-5H2,(H,17,18). The second kappa shape index (κ2) is 6.27. The normalized spacial score (nSPS) is 23.7. The maximum atomic E-state index is 12.1. The summed E-state index contributed by atoms with van der Waals surface area (Å²) in [5, 5.41) is 3.92. The number of carbonyl (C=O) groups is 1. The molecule has 0 heterocycles. The van der Waals surface area contributed by atoms with Crippen LogP contribution in [0, 0.1) is 0 Å². The number of carbonyl (C=O) groups excluding carboxylic acids is 1. The van der Waals surface area contributed by atoms with Crippen LogP contribution in [0.4, 0.5) is 0 Å². The molecule has 1 aliphatic carbocycles. The molecule has 0 radical (unpaired) electrons. The lowest BCUT2D eigenvalue weighted by Crippen LogP contribution is -2.37. The molecule has 0 atom stereocenters. The van der Waals surface area contributed by atoms with Gasteiger partial charge in [0.25, 0.3) is 5.91 Å². The molecule has 0 spiro atoms. The van der Waals surface area contributed by atoms with Gasteiger partial charge in [-0.05, 0) is 59.8 Å². The molecule has 1 aromatic carbocycles. The summed E-state index contributed by atoms with van der Waals surface area (Å²) in [6.45, 7) is 0. The Kier molecular flexibility index (Phi) is 4.93. The first kappa shape index (κ1) is 14.2. The van der Waals surface area contributed by atoms with E-state index in [1.165, 1.54) is 0 Å². The Bertz CT molecular complexity index is 445. The third kappa shape index (κ3) is 3.62. The average molecular weight is 351 g/mol. The summed E-state index contributed by atoms with van der Waals surface area (Å²) in [4.78, 5) is 12.1. The van der Waals surface area contributed by atoms with Gasteiger partial charge in [-0.2, -0.15) is 0 Å². The molecule has 1 saturated carbocycles. The smallest absolute Gasteiger partial charge is 0.252 e. The lowest BCUT2D eigenvalue weighted by atomic mass is 9.95. The fourth-order valence-electron chi connectivity index (χ4n) is 2.13. The first-order valence-corrected chi connectivity index (χ1v) is 7.57. The molecule has 5 heteroatoms. The minimum absolute atomic E-state index is 0.0587. The fourth-order valence-corrected chi connectivity index (χ4v) is 3.25. The van der Waals surface area contributed by atoms with E-state index in [4.69, 9.17) is 23.2 Å². The highest BCUT2D eigenvalue weighted by molar-refractivity contribution is 9.10. The van der Waals surface area contributed by atoms with Gasteiger partial charge in [-0.3, -0.25) is 4.79 Å². The van der Waals surface area contributed by atoms with Crippen LogP contribution in [0.3, 0.4) is 0 Å². The van der Waals surface area contributed by atoms with E-state index < -0.39 is 0 Å². The topological polar surface area (TPSA) is 29.1 Å². The third-order valence-corrected chi connectivity index (χ3v) is 4.50. The number of nitrogens with one attached hydrogen (secondary N) is 1. The summed E-state index contributed by atoms with van der Waals surface area (Å²) >= 11 is 15.3. The number of hydrogen-bond acceptors (Lipinski definition) is 1. The number of benzene rings is 1. The molecule has 1 fully saturated rings. The zero-order chi connectivity index (χ0) is 13.1. The molecule has 1 aliphatic rings. The molecule has 1 amide bonds. The second-order valence-electron chi connectivity index (χ2n) is 4.55. The predicted octanol–water partition coefficient (Wildman–Crippen LogP) is 4.38. The van der Waals surface area contributed by atoms with Gasteiger partial charge >= 0.3 is 0 Å². The lowest BCUT2D eigenvalue weighted by Gasteiger charge is -2.26. The molecular weight excluding hydrogens is 337 g/mol. The highest BCUT2D eigenvalue weighted by atomic mass is 79.9. The minimum atomic E-state index is -0.0587. The van der Waals surface area contributed by atoms with Gasteiger partial charge in [0.05, 0.1) is 5.56 Å². The largest absolute Gasteiger partial charge is 0.349 e. The Labute approximate surface area is 125 Å². The second-order valence-corrected chi connectivity index (χ2v) is 6.45. The van der Waals surface area contributed by atoms with E-state index in [-0.39, 0.29) is 17.3 Å². The van der Waals surface area contributed by atoms with Crippen molar-refractivity contribution < 1.29 is 4.79 Å². The van der Waals surface area contributed by atoms with Gasteiger partial charge in [-0.25, -0.2) is 0 Å². The Morgan fingerprint density at radius 3 is 2.56 bits per heavy atom. The average Bonchev–Trinajstić information content (AvgIpc) is 2.32. The Balaban J connectivity index is 1.99. The van der Waals surface area contributed by atoms with Crippen molar-refractivity contribution in [2.75, 3.05) is 0 Å². The van der Waals surface area contributed by atoms with E-state index in [2.05, 4.69) is 21.2 Å². The van der Waals surface area contributed by atoms with Gasteiger partial charge in [-0.1, -0.05) is 11.6 Å². The molecule has 1 N–H and O–H groups in total. The number of alkyl halides is 1. The molecular formula is C13H14BrCl2NO. The molecule has 0 unspecified atom stereocenters. The van der Waals surface area contributed by atoms with E-state index in [9.17, 15) is 4.79 Å². The molecule has 0 bridgehead atoms. The summed E-state index contributed by atoms with van der Waals surface area (Å²) in [5.41, 5.74) is 0.618. The van der Waals surface area contributed by atoms with E-state index in [1.54, 1.807) is 18.2 Å². The molecule has 0 aromatic heterocycles. The first-order chi connectivity index (χ1) is 8.56.